The van der Waals surface area contributed by atoms with Crippen LogP contribution in [0.1, 0.15) is 19.8 Å². The largest absolute Gasteiger partial charge is 0.450 e. The zero-order chi connectivity index (χ0) is 19.4. The van der Waals surface area contributed by atoms with Crippen LogP contribution in [0.15, 0.2) is 34.1 Å². The summed E-state index contributed by atoms with van der Waals surface area (Å²) in [5.74, 6) is 0. The second-order valence-electron chi connectivity index (χ2n) is 5.60. The molecule has 6 nitrogen and oxygen atoms in total. The van der Waals surface area contributed by atoms with Gasteiger partial charge in [-0.15, -0.1) is 0 Å². The van der Waals surface area contributed by atoms with Gasteiger partial charge < -0.3 is 9.64 Å². The quantitative estimate of drug-likeness (QED) is 0.752. The maximum absolute atomic E-state index is 12.4. The highest BCUT2D eigenvalue weighted by atomic mass is 32.2. The van der Waals surface area contributed by atoms with Crippen LogP contribution in [0.25, 0.3) is 0 Å². The first-order valence-corrected chi connectivity index (χ1v) is 10.2. The third-order valence-electron chi connectivity index (χ3n) is 3.71. The van der Waals surface area contributed by atoms with Crippen molar-refractivity contribution in [2.24, 2.45) is 0 Å². The van der Waals surface area contributed by atoms with Gasteiger partial charge >= 0.3 is 11.6 Å². The highest BCUT2D eigenvalue weighted by molar-refractivity contribution is 8.00. The highest BCUT2D eigenvalue weighted by Crippen LogP contribution is 2.36. The first kappa shape index (κ1) is 20.8. The third-order valence-corrected chi connectivity index (χ3v) is 5.99. The molecule has 146 valence electrons. The summed E-state index contributed by atoms with van der Waals surface area (Å²) in [5.41, 5.74) is -4.43. The second-order valence-corrected chi connectivity index (χ2v) is 8.45. The van der Waals surface area contributed by atoms with Crippen LogP contribution < -0.4 is 4.72 Å². The van der Waals surface area contributed by atoms with Gasteiger partial charge in [-0.05, 0) is 55.8 Å². The molecule has 0 aromatic heterocycles. The van der Waals surface area contributed by atoms with E-state index in [1.54, 1.807) is 6.92 Å². The number of sulfonamides is 1. The minimum Gasteiger partial charge on any atom is -0.450 e. The van der Waals surface area contributed by atoms with Crippen molar-refractivity contribution in [3.05, 3.63) is 24.3 Å². The van der Waals surface area contributed by atoms with Gasteiger partial charge in [0.15, 0.2) is 0 Å². The highest BCUT2D eigenvalue weighted by Gasteiger charge is 2.30. The number of rotatable bonds is 5. The smallest absolute Gasteiger partial charge is 0.446 e. The molecule has 1 amide bonds. The lowest BCUT2D eigenvalue weighted by Gasteiger charge is -2.31. The number of benzene rings is 1. The van der Waals surface area contributed by atoms with Crippen LogP contribution in [-0.2, 0) is 14.8 Å². The second kappa shape index (κ2) is 8.49. The van der Waals surface area contributed by atoms with E-state index in [0.717, 1.165) is 24.3 Å². The van der Waals surface area contributed by atoms with E-state index in [9.17, 15) is 26.4 Å². The number of hydrogen-bond acceptors (Lipinski definition) is 5. The molecule has 1 aliphatic heterocycles. The lowest BCUT2D eigenvalue weighted by molar-refractivity contribution is -0.0328. The number of hydrogen-bond donors (Lipinski definition) is 1. The fourth-order valence-electron chi connectivity index (χ4n) is 2.50. The predicted octanol–water partition coefficient (Wildman–Crippen LogP) is 3.20. The number of nitrogens with one attached hydrogen (secondary N) is 1. The Morgan fingerprint density at radius 2 is 1.85 bits per heavy atom. The molecule has 1 aromatic rings. The zero-order valence-corrected chi connectivity index (χ0v) is 15.6. The number of nitrogens with zero attached hydrogens (tertiary/aromatic N) is 1. The topological polar surface area (TPSA) is 75.7 Å². The van der Waals surface area contributed by atoms with Gasteiger partial charge in [0.1, 0.15) is 0 Å². The summed E-state index contributed by atoms with van der Waals surface area (Å²) in [7, 11) is -3.84. The Hall–Kier alpha value is -1.46. The van der Waals surface area contributed by atoms with Crippen LogP contribution in [0.5, 0.6) is 0 Å². The van der Waals surface area contributed by atoms with Gasteiger partial charge in [0.2, 0.25) is 10.0 Å². The average Bonchev–Trinajstić information content (AvgIpc) is 2.54. The summed E-state index contributed by atoms with van der Waals surface area (Å²) < 4.78 is 69.1. The number of amides is 1. The number of halogens is 3. The van der Waals surface area contributed by atoms with Crippen molar-refractivity contribution >= 4 is 27.9 Å². The lowest BCUT2D eigenvalue weighted by atomic mass is 10.1. The van der Waals surface area contributed by atoms with Crippen molar-refractivity contribution in [1.82, 2.24) is 9.62 Å². The van der Waals surface area contributed by atoms with Crippen molar-refractivity contribution in [3.63, 3.8) is 0 Å². The zero-order valence-electron chi connectivity index (χ0n) is 14.0. The molecule has 26 heavy (non-hydrogen) atoms. The van der Waals surface area contributed by atoms with Crippen LogP contribution in [0.3, 0.4) is 0 Å². The number of ether oxygens (including phenoxy) is 1. The number of carbonyl (C=O) groups excluding carboxylic acids is 1. The minimum absolute atomic E-state index is 0.0841. The monoisotopic (exact) mass is 412 g/mol. The molecular weight excluding hydrogens is 393 g/mol. The summed E-state index contributed by atoms with van der Waals surface area (Å²) in [4.78, 5) is 13.0. The van der Waals surface area contributed by atoms with Crippen LogP contribution in [0.4, 0.5) is 18.0 Å². The van der Waals surface area contributed by atoms with Crippen LogP contribution in [0.2, 0.25) is 0 Å². The molecule has 0 aliphatic carbocycles. The fraction of sp³-hybridized carbons (Fsp3) is 0.533. The van der Waals surface area contributed by atoms with E-state index in [1.807, 2.05) is 0 Å². The van der Waals surface area contributed by atoms with Crippen molar-refractivity contribution in [3.8, 4) is 0 Å². The SMILES string of the molecule is CCOC(=O)N1CCC(NS(=O)(=O)c2ccc(SC(F)(F)F)cc2)CC1. The fourth-order valence-corrected chi connectivity index (χ4v) is 4.35. The van der Waals surface area contributed by atoms with Gasteiger partial charge in [0.05, 0.1) is 11.5 Å². The Kier molecular flexibility index (Phi) is 6.80. The van der Waals surface area contributed by atoms with E-state index in [1.165, 1.54) is 4.90 Å². The van der Waals surface area contributed by atoms with E-state index in [4.69, 9.17) is 4.74 Å². The Balaban J connectivity index is 1.94. The standard InChI is InChI=1S/C15H19F3N2O4S2/c1-2-24-14(21)20-9-7-11(8-10-20)19-26(22,23)13-5-3-12(4-6-13)25-15(16,17)18/h3-6,11,19H,2,7-10H2,1H3. The van der Waals surface area contributed by atoms with Crippen LogP contribution in [0, 0.1) is 0 Å². The van der Waals surface area contributed by atoms with E-state index in [2.05, 4.69) is 4.72 Å². The van der Waals surface area contributed by atoms with E-state index < -0.39 is 21.6 Å². The molecule has 1 fully saturated rings. The molecule has 0 atom stereocenters. The molecule has 2 rings (SSSR count). The van der Waals surface area contributed by atoms with E-state index in [-0.39, 0.29) is 34.2 Å². The molecular formula is C15H19F3N2O4S2. The number of carbonyl (C=O) groups is 1. The Morgan fingerprint density at radius 1 is 1.27 bits per heavy atom. The molecule has 0 saturated carbocycles. The molecule has 1 N–H and O–H groups in total. The van der Waals surface area contributed by atoms with Crippen molar-refractivity contribution in [2.75, 3.05) is 19.7 Å². The summed E-state index contributed by atoms with van der Waals surface area (Å²) in [6.07, 6.45) is 0.437. The van der Waals surface area contributed by atoms with Crippen LogP contribution >= 0.6 is 11.8 Å². The molecule has 11 heteroatoms. The van der Waals surface area contributed by atoms with Gasteiger partial charge in [-0.3, -0.25) is 0 Å². The number of likely N-dealkylation sites (tertiary alicyclic amines) is 1. The Bertz CT molecular complexity index is 715. The van der Waals surface area contributed by atoms with E-state index >= 15 is 0 Å². The van der Waals surface area contributed by atoms with E-state index in [0.29, 0.717) is 25.9 Å². The average molecular weight is 412 g/mol. The third kappa shape index (κ3) is 6.06. The molecule has 1 aromatic carbocycles. The minimum atomic E-state index is -4.43. The van der Waals surface area contributed by atoms with Crippen molar-refractivity contribution in [1.29, 1.82) is 0 Å². The molecule has 1 aliphatic rings. The maximum atomic E-state index is 12.4. The Morgan fingerprint density at radius 3 is 2.35 bits per heavy atom. The maximum Gasteiger partial charge on any atom is 0.446 e. The summed E-state index contributed by atoms with van der Waals surface area (Å²) in [5, 5.41) is 0. The molecule has 0 spiro atoms. The van der Waals surface area contributed by atoms with Crippen molar-refractivity contribution < 1.29 is 31.1 Å². The summed E-state index contributed by atoms with van der Waals surface area (Å²) in [6, 6.07) is 4.18. The van der Waals surface area contributed by atoms with Gasteiger partial charge in [0, 0.05) is 24.0 Å². The van der Waals surface area contributed by atoms with Gasteiger partial charge in [-0.1, -0.05) is 0 Å². The van der Waals surface area contributed by atoms with Gasteiger partial charge in [0.25, 0.3) is 0 Å². The first-order valence-electron chi connectivity index (χ1n) is 7.90. The molecule has 1 saturated heterocycles. The van der Waals surface area contributed by atoms with Crippen LogP contribution in [-0.4, -0.2) is 50.7 Å². The molecule has 1 heterocycles. The molecule has 0 bridgehead atoms. The molecule has 0 unspecified atom stereocenters. The normalized spacial score (nSPS) is 16.5. The summed E-state index contributed by atoms with van der Waals surface area (Å²) in [6.45, 7) is 2.71. The molecule has 0 radical (unpaired) electrons. The number of alkyl halides is 3. The Labute approximate surface area is 154 Å². The first-order chi connectivity index (χ1) is 12.1. The number of piperidine rings is 1. The van der Waals surface area contributed by atoms with Gasteiger partial charge in [-0.25, -0.2) is 17.9 Å². The summed E-state index contributed by atoms with van der Waals surface area (Å²) >= 11 is -0.302. The van der Waals surface area contributed by atoms with Crippen molar-refractivity contribution in [2.45, 2.75) is 41.1 Å². The lowest BCUT2D eigenvalue weighted by Crippen LogP contribution is -2.46. The number of thioether (sulfide) groups is 1. The predicted molar refractivity (Wildman–Crippen MR) is 90.3 cm³/mol. The van der Waals surface area contributed by atoms with Gasteiger partial charge in [-0.2, -0.15) is 13.2 Å².